The van der Waals surface area contributed by atoms with Crippen LogP contribution in [0.2, 0.25) is 10.0 Å². The minimum atomic E-state index is 0.428. The summed E-state index contributed by atoms with van der Waals surface area (Å²) in [5, 5.41) is 14.2. The van der Waals surface area contributed by atoms with Crippen molar-refractivity contribution in [2.75, 3.05) is 26.2 Å². The number of aromatic nitrogens is 3. The van der Waals surface area contributed by atoms with Crippen LogP contribution in [-0.2, 0) is 13.1 Å². The fraction of sp³-hybridized carbons (Fsp3) is 0.364. The lowest BCUT2D eigenvalue weighted by Gasteiger charge is -2.17. The number of likely N-dealkylation sites (N-methyl/N-ethyl adjacent to an activating group) is 1. The van der Waals surface area contributed by atoms with Crippen molar-refractivity contribution in [3.8, 4) is 11.3 Å². The maximum absolute atomic E-state index is 6.33. The van der Waals surface area contributed by atoms with Gasteiger partial charge in [0.05, 0.1) is 6.54 Å². The molecule has 2 aromatic carbocycles. The summed E-state index contributed by atoms with van der Waals surface area (Å²) in [7, 11) is 0. The van der Waals surface area contributed by atoms with Crippen LogP contribution in [0.25, 0.3) is 11.3 Å². The van der Waals surface area contributed by atoms with E-state index in [0.717, 1.165) is 48.7 Å². The molecule has 1 aromatic heterocycles. The molecule has 3 rings (SSSR count). The molecule has 3 aromatic rings. The van der Waals surface area contributed by atoms with Crippen molar-refractivity contribution >= 4 is 23.2 Å². The fourth-order valence-electron chi connectivity index (χ4n) is 3.20. The molecule has 29 heavy (non-hydrogen) atoms. The first-order chi connectivity index (χ1) is 14.1. The molecule has 5 nitrogen and oxygen atoms in total. The van der Waals surface area contributed by atoms with E-state index in [2.05, 4.69) is 36.2 Å². The van der Waals surface area contributed by atoms with Gasteiger partial charge in [0.25, 0.3) is 0 Å². The van der Waals surface area contributed by atoms with Crippen molar-refractivity contribution in [3.05, 3.63) is 69.8 Å². The molecule has 0 saturated heterocycles. The molecular weight excluding hydrogens is 405 g/mol. The first-order valence-corrected chi connectivity index (χ1v) is 10.7. The zero-order chi connectivity index (χ0) is 20.6. The van der Waals surface area contributed by atoms with Crippen molar-refractivity contribution in [1.82, 2.24) is 25.2 Å². The molecule has 0 radical (unpaired) electrons. The van der Waals surface area contributed by atoms with Gasteiger partial charge in [0, 0.05) is 40.8 Å². The molecule has 0 bridgehead atoms. The van der Waals surface area contributed by atoms with E-state index < -0.39 is 0 Å². The second-order valence-electron chi connectivity index (χ2n) is 6.80. The number of nitrogens with one attached hydrogen (secondary N) is 1. The minimum Gasteiger partial charge on any atom is -0.310 e. The molecule has 0 saturated carbocycles. The summed E-state index contributed by atoms with van der Waals surface area (Å²) < 4.78 is 0. The van der Waals surface area contributed by atoms with Crippen LogP contribution in [0.3, 0.4) is 0 Å². The summed E-state index contributed by atoms with van der Waals surface area (Å²) in [5.74, 6) is 0. The van der Waals surface area contributed by atoms with Gasteiger partial charge in [0.2, 0.25) is 0 Å². The van der Waals surface area contributed by atoms with E-state index in [1.165, 1.54) is 0 Å². The number of nitrogens with zero attached hydrogens (tertiary/aromatic N) is 4. The van der Waals surface area contributed by atoms with E-state index in [0.29, 0.717) is 23.1 Å². The summed E-state index contributed by atoms with van der Waals surface area (Å²) >= 11 is 12.7. The Morgan fingerprint density at radius 3 is 2.28 bits per heavy atom. The molecule has 0 aliphatic heterocycles. The Kier molecular flexibility index (Phi) is 8.07. The van der Waals surface area contributed by atoms with Crippen LogP contribution in [0.1, 0.15) is 25.1 Å². The third-order valence-electron chi connectivity index (χ3n) is 4.93. The van der Waals surface area contributed by atoms with Crippen LogP contribution in [0.15, 0.2) is 48.5 Å². The summed E-state index contributed by atoms with van der Waals surface area (Å²) in [5.41, 5.74) is 3.67. The molecule has 1 heterocycles. The highest BCUT2D eigenvalue weighted by Gasteiger charge is 2.15. The zero-order valence-corrected chi connectivity index (χ0v) is 18.4. The topological polar surface area (TPSA) is 46.0 Å². The Labute approximate surface area is 182 Å². The largest absolute Gasteiger partial charge is 0.310 e. The standard InChI is InChI=1S/C22H27Cl2N5/c1-3-28(4-2)14-13-25-15-21-22(17-9-6-5-7-10-17)27-29(26-21)16-18-19(23)11-8-12-20(18)24/h5-12,25H,3-4,13-16H2,1-2H3. The minimum absolute atomic E-state index is 0.428. The van der Waals surface area contributed by atoms with Gasteiger partial charge in [0.1, 0.15) is 11.4 Å². The summed E-state index contributed by atoms with van der Waals surface area (Å²) in [6.07, 6.45) is 0. The predicted molar refractivity (Wildman–Crippen MR) is 121 cm³/mol. The van der Waals surface area contributed by atoms with Gasteiger partial charge < -0.3 is 10.2 Å². The van der Waals surface area contributed by atoms with Gasteiger partial charge in [-0.25, -0.2) is 0 Å². The van der Waals surface area contributed by atoms with Crippen LogP contribution in [-0.4, -0.2) is 46.1 Å². The lowest BCUT2D eigenvalue weighted by molar-refractivity contribution is 0.302. The van der Waals surface area contributed by atoms with E-state index >= 15 is 0 Å². The Morgan fingerprint density at radius 1 is 0.931 bits per heavy atom. The van der Waals surface area contributed by atoms with E-state index in [1.807, 2.05) is 36.4 Å². The lowest BCUT2D eigenvalue weighted by Crippen LogP contribution is -2.31. The van der Waals surface area contributed by atoms with Gasteiger partial charge in [0.15, 0.2) is 0 Å². The predicted octanol–water partition coefficient (Wildman–Crippen LogP) is 4.73. The van der Waals surface area contributed by atoms with E-state index in [9.17, 15) is 0 Å². The second-order valence-corrected chi connectivity index (χ2v) is 7.61. The van der Waals surface area contributed by atoms with Crippen LogP contribution in [0.4, 0.5) is 0 Å². The average Bonchev–Trinajstić information content (AvgIpc) is 3.14. The fourth-order valence-corrected chi connectivity index (χ4v) is 3.72. The number of benzene rings is 2. The molecule has 0 unspecified atom stereocenters. The third kappa shape index (κ3) is 5.80. The summed E-state index contributed by atoms with van der Waals surface area (Å²) in [6.45, 7) is 9.48. The van der Waals surface area contributed by atoms with E-state index in [1.54, 1.807) is 4.80 Å². The Balaban J connectivity index is 1.79. The maximum atomic E-state index is 6.33. The van der Waals surface area contributed by atoms with Crippen molar-refractivity contribution in [3.63, 3.8) is 0 Å². The Bertz CT molecular complexity index is 887. The highest BCUT2D eigenvalue weighted by molar-refractivity contribution is 6.35. The van der Waals surface area contributed by atoms with Gasteiger partial charge in [-0.05, 0) is 25.2 Å². The highest BCUT2D eigenvalue weighted by Crippen LogP contribution is 2.26. The highest BCUT2D eigenvalue weighted by atomic mass is 35.5. The average molecular weight is 432 g/mol. The molecule has 0 atom stereocenters. The SMILES string of the molecule is CCN(CC)CCNCc1nn(Cc2c(Cl)cccc2Cl)nc1-c1ccccc1. The van der Waals surface area contributed by atoms with Crippen LogP contribution in [0, 0.1) is 0 Å². The smallest absolute Gasteiger partial charge is 0.117 e. The van der Waals surface area contributed by atoms with Crippen LogP contribution < -0.4 is 5.32 Å². The normalized spacial score (nSPS) is 11.3. The van der Waals surface area contributed by atoms with Crippen molar-refractivity contribution < 1.29 is 0 Å². The van der Waals surface area contributed by atoms with Crippen molar-refractivity contribution in [2.24, 2.45) is 0 Å². The van der Waals surface area contributed by atoms with E-state index in [-0.39, 0.29) is 0 Å². The summed E-state index contributed by atoms with van der Waals surface area (Å²) in [4.78, 5) is 4.07. The summed E-state index contributed by atoms with van der Waals surface area (Å²) in [6, 6.07) is 15.6. The Hall–Kier alpha value is -1.92. The molecule has 0 spiro atoms. The molecule has 0 fully saturated rings. The number of hydrogen-bond donors (Lipinski definition) is 1. The number of rotatable bonds is 10. The quantitative estimate of drug-likeness (QED) is 0.471. The zero-order valence-electron chi connectivity index (χ0n) is 16.9. The van der Waals surface area contributed by atoms with Gasteiger partial charge in [-0.1, -0.05) is 73.4 Å². The molecule has 154 valence electrons. The molecule has 0 amide bonds. The monoisotopic (exact) mass is 431 g/mol. The van der Waals surface area contributed by atoms with E-state index in [4.69, 9.17) is 33.4 Å². The molecule has 0 aliphatic carbocycles. The third-order valence-corrected chi connectivity index (χ3v) is 5.63. The lowest BCUT2D eigenvalue weighted by atomic mass is 10.1. The first-order valence-electron chi connectivity index (χ1n) is 9.97. The molecule has 1 N–H and O–H groups in total. The number of halogens is 2. The second kappa shape index (κ2) is 10.7. The number of hydrogen-bond acceptors (Lipinski definition) is 4. The van der Waals surface area contributed by atoms with Gasteiger partial charge in [-0.3, -0.25) is 0 Å². The van der Waals surface area contributed by atoms with Gasteiger partial charge in [-0.2, -0.15) is 15.0 Å². The Morgan fingerprint density at radius 2 is 1.62 bits per heavy atom. The van der Waals surface area contributed by atoms with Gasteiger partial charge in [-0.15, -0.1) is 0 Å². The molecule has 0 aliphatic rings. The first kappa shape index (κ1) is 21.8. The molecule has 7 heteroatoms. The van der Waals surface area contributed by atoms with Crippen LogP contribution in [0.5, 0.6) is 0 Å². The van der Waals surface area contributed by atoms with Crippen molar-refractivity contribution in [2.45, 2.75) is 26.9 Å². The molecular formula is C22H27Cl2N5. The van der Waals surface area contributed by atoms with Gasteiger partial charge >= 0.3 is 0 Å². The maximum Gasteiger partial charge on any atom is 0.117 e. The van der Waals surface area contributed by atoms with Crippen LogP contribution >= 0.6 is 23.2 Å². The van der Waals surface area contributed by atoms with Crippen molar-refractivity contribution in [1.29, 1.82) is 0 Å².